The predicted molar refractivity (Wildman–Crippen MR) is 53.5 cm³/mol. The molecule has 0 spiro atoms. The summed E-state index contributed by atoms with van der Waals surface area (Å²) in [5.74, 6) is -3.79. The van der Waals surface area contributed by atoms with E-state index in [-0.39, 0.29) is 6.42 Å². The molecule has 16 heavy (non-hydrogen) atoms. The van der Waals surface area contributed by atoms with Crippen molar-refractivity contribution >= 4 is 0 Å². The van der Waals surface area contributed by atoms with Crippen LogP contribution in [0.5, 0.6) is 0 Å². The van der Waals surface area contributed by atoms with Crippen molar-refractivity contribution in [3.63, 3.8) is 0 Å². The van der Waals surface area contributed by atoms with Crippen molar-refractivity contribution in [1.82, 2.24) is 0 Å². The molecule has 0 aliphatic rings. The molecule has 0 aliphatic carbocycles. The summed E-state index contributed by atoms with van der Waals surface area (Å²) in [5, 5.41) is 0. The number of alkyl halides is 5. The fourth-order valence-electron chi connectivity index (χ4n) is 1.57. The third-order valence-corrected chi connectivity index (χ3v) is 3.76. The minimum atomic E-state index is -4.91. The molecule has 0 rings (SSSR count). The van der Waals surface area contributed by atoms with Gasteiger partial charge in [0.05, 0.1) is 0 Å². The number of hydrogen-bond acceptors (Lipinski definition) is 0. The topological polar surface area (TPSA) is 0 Å². The standard InChI is InChI=1S/C11H19F5/c1-6-8(3,4)10(12,13)9(5,7-2)11(14,15)16/h6-7H2,1-5H3. The van der Waals surface area contributed by atoms with Crippen LogP contribution in [0.15, 0.2) is 0 Å². The van der Waals surface area contributed by atoms with Crippen molar-refractivity contribution in [2.24, 2.45) is 10.8 Å². The molecule has 0 radical (unpaired) electrons. The van der Waals surface area contributed by atoms with Gasteiger partial charge in [0.2, 0.25) is 0 Å². The highest BCUT2D eigenvalue weighted by atomic mass is 19.4. The van der Waals surface area contributed by atoms with Crippen LogP contribution in [0.2, 0.25) is 0 Å². The molecule has 0 N–H and O–H groups in total. The smallest absolute Gasteiger partial charge is 0.205 e. The molecule has 0 aliphatic heterocycles. The molecule has 0 aromatic rings. The van der Waals surface area contributed by atoms with Crippen LogP contribution in [0.3, 0.4) is 0 Å². The van der Waals surface area contributed by atoms with Crippen molar-refractivity contribution in [3.8, 4) is 0 Å². The molecule has 98 valence electrons. The third kappa shape index (κ3) is 2.05. The van der Waals surface area contributed by atoms with Crippen LogP contribution >= 0.6 is 0 Å². The van der Waals surface area contributed by atoms with Crippen molar-refractivity contribution in [1.29, 1.82) is 0 Å². The van der Waals surface area contributed by atoms with Crippen molar-refractivity contribution < 1.29 is 22.0 Å². The molecule has 0 bridgehead atoms. The Morgan fingerprint density at radius 3 is 1.31 bits per heavy atom. The molecule has 0 saturated heterocycles. The van der Waals surface area contributed by atoms with E-state index in [9.17, 15) is 22.0 Å². The SMILES string of the molecule is CCC(C)(C)C(F)(F)C(C)(CC)C(F)(F)F. The largest absolute Gasteiger partial charge is 0.399 e. The maximum absolute atomic E-state index is 14.0. The molecule has 0 amide bonds. The first kappa shape index (κ1) is 15.7. The van der Waals surface area contributed by atoms with Crippen LogP contribution in [0.1, 0.15) is 47.5 Å². The van der Waals surface area contributed by atoms with Gasteiger partial charge in [-0.25, -0.2) is 8.78 Å². The van der Waals surface area contributed by atoms with Crippen LogP contribution in [0.4, 0.5) is 22.0 Å². The summed E-state index contributed by atoms with van der Waals surface area (Å²) < 4.78 is 66.4. The molecule has 0 fully saturated rings. The van der Waals surface area contributed by atoms with E-state index in [1.165, 1.54) is 20.8 Å². The Morgan fingerprint density at radius 2 is 1.12 bits per heavy atom. The van der Waals surface area contributed by atoms with E-state index in [2.05, 4.69) is 0 Å². The van der Waals surface area contributed by atoms with Gasteiger partial charge in [0.15, 0.2) is 0 Å². The summed E-state index contributed by atoms with van der Waals surface area (Å²) in [5.41, 5.74) is -4.65. The number of halogens is 5. The summed E-state index contributed by atoms with van der Waals surface area (Å²) in [6, 6.07) is 0. The lowest BCUT2D eigenvalue weighted by atomic mass is 9.67. The van der Waals surface area contributed by atoms with Gasteiger partial charge in [-0.1, -0.05) is 27.7 Å². The first-order chi connectivity index (χ1) is 6.87. The zero-order valence-electron chi connectivity index (χ0n) is 10.3. The molecular weight excluding hydrogens is 227 g/mol. The van der Waals surface area contributed by atoms with Crippen molar-refractivity contribution in [2.45, 2.75) is 59.6 Å². The van der Waals surface area contributed by atoms with Gasteiger partial charge < -0.3 is 0 Å². The van der Waals surface area contributed by atoms with Gasteiger partial charge in [0, 0.05) is 5.41 Å². The average Bonchev–Trinajstić information content (AvgIpc) is 2.14. The highest BCUT2D eigenvalue weighted by molar-refractivity contribution is 5.01. The van der Waals surface area contributed by atoms with Crippen LogP contribution < -0.4 is 0 Å². The van der Waals surface area contributed by atoms with Gasteiger partial charge in [-0.05, 0) is 19.8 Å². The Labute approximate surface area is 93.2 Å². The van der Waals surface area contributed by atoms with E-state index in [0.29, 0.717) is 6.92 Å². The second kappa shape index (κ2) is 4.15. The van der Waals surface area contributed by atoms with Crippen molar-refractivity contribution in [2.75, 3.05) is 0 Å². The van der Waals surface area contributed by atoms with Crippen molar-refractivity contribution in [3.05, 3.63) is 0 Å². The molecule has 0 saturated carbocycles. The lowest BCUT2D eigenvalue weighted by molar-refractivity contribution is -0.321. The molecule has 0 nitrogen and oxygen atoms in total. The summed E-state index contributed by atoms with van der Waals surface area (Å²) in [6.45, 7) is 5.57. The second-order valence-corrected chi connectivity index (χ2v) is 5.00. The normalized spacial score (nSPS) is 18.4. The van der Waals surface area contributed by atoms with E-state index >= 15 is 0 Å². The van der Waals surface area contributed by atoms with Gasteiger partial charge in [0.25, 0.3) is 5.92 Å². The summed E-state index contributed by atoms with van der Waals surface area (Å²) in [4.78, 5) is 0. The summed E-state index contributed by atoms with van der Waals surface area (Å²) in [6.07, 6.45) is -5.55. The molecule has 1 atom stereocenters. The predicted octanol–water partition coefficient (Wildman–Crippen LogP) is 5.04. The summed E-state index contributed by atoms with van der Waals surface area (Å²) >= 11 is 0. The summed E-state index contributed by atoms with van der Waals surface area (Å²) in [7, 11) is 0. The zero-order chi connectivity index (χ0) is 13.4. The van der Waals surface area contributed by atoms with E-state index in [1.807, 2.05) is 0 Å². The molecule has 0 heterocycles. The third-order valence-electron chi connectivity index (χ3n) is 3.76. The first-order valence-electron chi connectivity index (χ1n) is 5.32. The molecule has 1 unspecified atom stereocenters. The van der Waals surface area contributed by atoms with E-state index in [1.54, 1.807) is 0 Å². The Kier molecular flexibility index (Phi) is 4.06. The van der Waals surface area contributed by atoms with E-state index in [4.69, 9.17) is 0 Å². The van der Waals surface area contributed by atoms with E-state index in [0.717, 1.165) is 6.92 Å². The first-order valence-corrected chi connectivity index (χ1v) is 5.32. The molecule has 0 aromatic carbocycles. The highest BCUT2D eigenvalue weighted by Crippen LogP contribution is 2.58. The monoisotopic (exact) mass is 246 g/mol. The fraction of sp³-hybridized carbons (Fsp3) is 1.00. The minimum absolute atomic E-state index is 0.00826. The van der Waals surface area contributed by atoms with Crippen LogP contribution in [0.25, 0.3) is 0 Å². The van der Waals surface area contributed by atoms with Crippen LogP contribution in [0, 0.1) is 10.8 Å². The average molecular weight is 246 g/mol. The maximum Gasteiger partial charge on any atom is 0.399 e. The second-order valence-electron chi connectivity index (χ2n) is 5.00. The van der Waals surface area contributed by atoms with Crippen LogP contribution in [-0.2, 0) is 0 Å². The highest BCUT2D eigenvalue weighted by Gasteiger charge is 2.69. The maximum atomic E-state index is 14.0. The molecule has 5 heteroatoms. The lowest BCUT2D eigenvalue weighted by Crippen LogP contribution is -2.56. The lowest BCUT2D eigenvalue weighted by Gasteiger charge is -2.46. The van der Waals surface area contributed by atoms with Gasteiger partial charge in [-0.15, -0.1) is 0 Å². The Morgan fingerprint density at radius 1 is 0.750 bits per heavy atom. The van der Waals surface area contributed by atoms with Gasteiger partial charge in [-0.3, -0.25) is 0 Å². The number of hydrogen-bond donors (Lipinski definition) is 0. The minimum Gasteiger partial charge on any atom is -0.205 e. The zero-order valence-corrected chi connectivity index (χ0v) is 10.3. The molecular formula is C11H19F5. The van der Waals surface area contributed by atoms with Crippen LogP contribution in [-0.4, -0.2) is 12.1 Å². The Hall–Kier alpha value is -0.350. The molecule has 0 aromatic heterocycles. The Bertz CT molecular complexity index is 241. The van der Waals surface area contributed by atoms with Gasteiger partial charge in [-0.2, -0.15) is 13.2 Å². The van der Waals surface area contributed by atoms with E-state index < -0.39 is 29.3 Å². The van der Waals surface area contributed by atoms with Gasteiger partial charge in [0.1, 0.15) is 5.41 Å². The fourth-order valence-corrected chi connectivity index (χ4v) is 1.57. The quantitative estimate of drug-likeness (QED) is 0.610. The number of rotatable bonds is 4. The van der Waals surface area contributed by atoms with Gasteiger partial charge >= 0.3 is 6.18 Å². The Balaban J connectivity index is 5.58.